The van der Waals surface area contributed by atoms with Crippen LogP contribution in [0.3, 0.4) is 0 Å². The van der Waals surface area contributed by atoms with Gasteiger partial charge in [-0.2, -0.15) is 0 Å². The summed E-state index contributed by atoms with van der Waals surface area (Å²) in [6.07, 6.45) is 6.88. The van der Waals surface area contributed by atoms with Gasteiger partial charge in [0, 0.05) is 29.7 Å². The second-order valence-corrected chi connectivity index (χ2v) is 9.21. The molecule has 1 aromatic heterocycles. The Labute approximate surface area is 196 Å². The van der Waals surface area contributed by atoms with Crippen molar-refractivity contribution in [3.8, 4) is 27.7 Å². The highest BCUT2D eigenvalue weighted by molar-refractivity contribution is 7.22. The molecule has 33 heavy (non-hydrogen) atoms. The molecule has 0 bridgehead atoms. The number of phenolic OH excluding ortho intramolecular Hbond substituents is 2. The van der Waals surface area contributed by atoms with Crippen LogP contribution in [-0.4, -0.2) is 60.7 Å². The topological polar surface area (TPSA) is 71.4 Å². The van der Waals surface area contributed by atoms with Crippen molar-refractivity contribution in [2.45, 2.75) is 12.5 Å². The first-order valence-corrected chi connectivity index (χ1v) is 12.0. The van der Waals surface area contributed by atoms with Gasteiger partial charge >= 0.3 is 0 Å². The summed E-state index contributed by atoms with van der Waals surface area (Å²) in [7, 11) is 0. The predicted molar refractivity (Wildman–Crippen MR) is 130 cm³/mol. The molecule has 1 unspecified atom stereocenters. The van der Waals surface area contributed by atoms with Crippen molar-refractivity contribution in [3.05, 3.63) is 66.5 Å². The number of phenols is 2. The third kappa shape index (κ3) is 5.23. The van der Waals surface area contributed by atoms with Crippen LogP contribution < -0.4 is 4.74 Å². The lowest BCUT2D eigenvalue weighted by Crippen LogP contribution is -2.38. The summed E-state index contributed by atoms with van der Waals surface area (Å²) in [5, 5.41) is 20.5. The molecular weight excluding hydrogens is 438 g/mol. The summed E-state index contributed by atoms with van der Waals surface area (Å²) in [4.78, 5) is 3.32. The smallest absolute Gasteiger partial charge is 0.153 e. The van der Waals surface area contributed by atoms with E-state index in [-0.39, 0.29) is 17.6 Å². The molecule has 0 spiro atoms. The number of hydrogen-bond donors (Lipinski definition) is 2. The normalized spacial score (nSPS) is 19.0. The summed E-state index contributed by atoms with van der Waals surface area (Å²) >= 11 is 1.55. The zero-order chi connectivity index (χ0) is 22.6. The Kier molecular flexibility index (Phi) is 6.64. The van der Waals surface area contributed by atoms with Gasteiger partial charge in [-0.25, -0.2) is 0 Å². The van der Waals surface area contributed by atoms with Crippen LogP contribution in [0.15, 0.2) is 66.5 Å². The Morgan fingerprint density at radius 1 is 1.03 bits per heavy atom. The molecule has 1 aliphatic carbocycles. The zero-order valence-corrected chi connectivity index (χ0v) is 19.1. The minimum Gasteiger partial charge on any atom is -0.508 e. The van der Waals surface area contributed by atoms with Gasteiger partial charge in [-0.3, -0.25) is 4.90 Å². The molecule has 0 saturated carbocycles. The summed E-state index contributed by atoms with van der Waals surface area (Å²) in [6.45, 7) is 5.16. The molecule has 5 rings (SSSR count). The summed E-state index contributed by atoms with van der Waals surface area (Å²) in [6, 6.07) is 12.4. The van der Waals surface area contributed by atoms with Crippen molar-refractivity contribution in [2.75, 3.05) is 39.5 Å². The number of morpholine rings is 1. The number of rotatable bonds is 7. The molecular formula is C26H27NO5S. The number of hydrogen-bond acceptors (Lipinski definition) is 7. The Bertz CT molecular complexity index is 1160. The lowest BCUT2D eigenvalue weighted by atomic mass is 10.1. The molecule has 2 N–H and O–H groups in total. The second kappa shape index (κ2) is 9.97. The summed E-state index contributed by atoms with van der Waals surface area (Å²) < 4.78 is 18.7. The minimum absolute atomic E-state index is 0.0473. The monoisotopic (exact) mass is 465 g/mol. The van der Waals surface area contributed by atoms with Gasteiger partial charge in [0.25, 0.3) is 0 Å². The van der Waals surface area contributed by atoms with Gasteiger partial charge in [0.15, 0.2) is 5.75 Å². The lowest BCUT2D eigenvalue weighted by molar-refractivity contribution is 0.0115. The van der Waals surface area contributed by atoms with E-state index in [4.69, 9.17) is 14.2 Å². The number of fused-ring (bicyclic) bond motifs is 1. The maximum Gasteiger partial charge on any atom is 0.153 e. The Hall–Kier alpha value is -2.84. The number of allylic oxidation sites excluding steroid dienone is 1. The molecule has 172 valence electrons. The average molecular weight is 466 g/mol. The molecule has 1 saturated heterocycles. The van der Waals surface area contributed by atoms with Gasteiger partial charge in [0.1, 0.15) is 17.3 Å². The summed E-state index contributed by atoms with van der Waals surface area (Å²) in [5.74, 6) is 1.97. The zero-order valence-electron chi connectivity index (χ0n) is 18.3. The largest absolute Gasteiger partial charge is 0.508 e. The van der Waals surface area contributed by atoms with Crippen LogP contribution in [-0.2, 0) is 9.47 Å². The van der Waals surface area contributed by atoms with Gasteiger partial charge in [0.05, 0.1) is 30.8 Å². The van der Waals surface area contributed by atoms with Crippen LogP contribution in [0.4, 0.5) is 0 Å². The molecule has 2 aliphatic rings. The van der Waals surface area contributed by atoms with Crippen molar-refractivity contribution < 1.29 is 24.4 Å². The first-order valence-electron chi connectivity index (χ1n) is 11.2. The fourth-order valence-electron chi connectivity index (χ4n) is 4.02. The standard InChI is InChI=1S/C26H27NO5S/c28-19-3-1-18(2-4-19)26-25(23-10-5-20(29)17-24(23)33-26)32-22-8-6-21(7-9-22)31-16-13-27-11-14-30-15-12-27/h1-6,8-10,17,21,28-29H,7,11-16H2. The molecule has 2 heterocycles. The van der Waals surface area contributed by atoms with Gasteiger partial charge in [-0.05, 0) is 66.6 Å². The molecule has 1 aliphatic heterocycles. The molecule has 2 aromatic carbocycles. The van der Waals surface area contributed by atoms with Crippen LogP contribution >= 0.6 is 11.3 Å². The van der Waals surface area contributed by atoms with Gasteiger partial charge in [-0.1, -0.05) is 6.08 Å². The number of aromatic hydroxyl groups is 2. The van der Waals surface area contributed by atoms with E-state index in [1.807, 2.05) is 24.3 Å². The van der Waals surface area contributed by atoms with E-state index >= 15 is 0 Å². The second-order valence-electron chi connectivity index (χ2n) is 8.15. The number of nitrogens with zero attached hydrogens (tertiary/aromatic N) is 1. The molecule has 6 nitrogen and oxygen atoms in total. The van der Waals surface area contributed by atoms with Crippen LogP contribution in [0.5, 0.6) is 17.2 Å². The van der Waals surface area contributed by atoms with Crippen molar-refractivity contribution in [2.24, 2.45) is 0 Å². The van der Waals surface area contributed by atoms with Crippen molar-refractivity contribution in [3.63, 3.8) is 0 Å². The molecule has 3 aromatic rings. The van der Waals surface area contributed by atoms with E-state index in [0.717, 1.165) is 71.3 Å². The quantitative estimate of drug-likeness (QED) is 0.516. The van der Waals surface area contributed by atoms with Crippen LogP contribution in [0, 0.1) is 0 Å². The SMILES string of the molecule is Oc1ccc(-c2sc3cc(O)ccc3c2OC2=CCC(OCCN3CCOCC3)C=C2)cc1. The Balaban J connectivity index is 1.28. The highest BCUT2D eigenvalue weighted by atomic mass is 32.1. The summed E-state index contributed by atoms with van der Waals surface area (Å²) in [5.41, 5.74) is 0.952. The van der Waals surface area contributed by atoms with Gasteiger partial charge in [-0.15, -0.1) is 11.3 Å². The first-order chi connectivity index (χ1) is 16.2. The minimum atomic E-state index is 0.0473. The van der Waals surface area contributed by atoms with E-state index < -0.39 is 0 Å². The average Bonchev–Trinajstić information content (AvgIpc) is 3.18. The predicted octanol–water partition coefficient (Wildman–Crippen LogP) is 4.92. The molecule has 1 fully saturated rings. The highest BCUT2D eigenvalue weighted by Gasteiger charge is 2.19. The number of thiophene rings is 1. The fraction of sp³-hybridized carbons (Fsp3) is 0.308. The Morgan fingerprint density at radius 2 is 1.82 bits per heavy atom. The number of benzene rings is 2. The number of ether oxygens (including phenoxy) is 3. The molecule has 7 heteroatoms. The van der Waals surface area contributed by atoms with E-state index in [1.165, 1.54) is 0 Å². The Morgan fingerprint density at radius 3 is 2.58 bits per heavy atom. The third-order valence-corrected chi connectivity index (χ3v) is 7.03. The van der Waals surface area contributed by atoms with Crippen molar-refractivity contribution >= 4 is 21.4 Å². The lowest BCUT2D eigenvalue weighted by Gasteiger charge is -2.27. The highest BCUT2D eigenvalue weighted by Crippen LogP contribution is 2.46. The van der Waals surface area contributed by atoms with Gasteiger partial charge < -0.3 is 24.4 Å². The van der Waals surface area contributed by atoms with Crippen LogP contribution in [0.1, 0.15) is 6.42 Å². The van der Waals surface area contributed by atoms with Crippen molar-refractivity contribution in [1.82, 2.24) is 4.90 Å². The van der Waals surface area contributed by atoms with Gasteiger partial charge in [0.2, 0.25) is 0 Å². The maximum atomic E-state index is 9.93. The molecule has 0 amide bonds. The molecule has 1 atom stereocenters. The van der Waals surface area contributed by atoms with E-state index in [9.17, 15) is 10.2 Å². The third-order valence-electron chi connectivity index (χ3n) is 5.85. The van der Waals surface area contributed by atoms with Crippen molar-refractivity contribution in [1.29, 1.82) is 0 Å². The first kappa shape index (κ1) is 22.0. The van der Waals surface area contributed by atoms with E-state index in [0.29, 0.717) is 6.61 Å². The van der Waals surface area contributed by atoms with Crippen LogP contribution in [0.25, 0.3) is 20.5 Å². The van der Waals surface area contributed by atoms with E-state index in [1.54, 1.807) is 35.6 Å². The maximum absolute atomic E-state index is 9.93. The van der Waals surface area contributed by atoms with Crippen LogP contribution in [0.2, 0.25) is 0 Å². The molecule has 0 radical (unpaired) electrons. The van der Waals surface area contributed by atoms with E-state index in [2.05, 4.69) is 17.1 Å². The fourth-order valence-corrected chi connectivity index (χ4v) is 5.19.